The van der Waals surface area contributed by atoms with Gasteiger partial charge in [0.1, 0.15) is 11.4 Å². The second-order valence-corrected chi connectivity index (χ2v) is 6.22. The van der Waals surface area contributed by atoms with Gasteiger partial charge in [-0.2, -0.15) is 5.26 Å². The average Bonchev–Trinajstić information content (AvgIpc) is 2.60. The highest BCUT2D eigenvalue weighted by Crippen LogP contribution is 2.33. The average molecular weight is 356 g/mol. The van der Waals surface area contributed by atoms with Gasteiger partial charge in [-0.3, -0.25) is 4.79 Å². The van der Waals surface area contributed by atoms with Gasteiger partial charge in [-0.25, -0.2) is 9.18 Å². The number of aromatic nitrogens is 1. The van der Waals surface area contributed by atoms with E-state index in [1.54, 1.807) is 4.57 Å². The van der Waals surface area contributed by atoms with Crippen molar-refractivity contribution in [2.75, 3.05) is 6.61 Å². The van der Waals surface area contributed by atoms with Crippen molar-refractivity contribution in [1.29, 1.82) is 5.26 Å². The van der Waals surface area contributed by atoms with Gasteiger partial charge in [-0.05, 0) is 25.3 Å². The Balaban J connectivity index is 2.42. The summed E-state index contributed by atoms with van der Waals surface area (Å²) < 4.78 is 21.9. The number of aromatic carboxylic acids is 1. The molecule has 2 aromatic rings. The van der Waals surface area contributed by atoms with Crippen LogP contribution in [0, 0.1) is 17.1 Å². The van der Waals surface area contributed by atoms with E-state index in [1.807, 2.05) is 6.07 Å². The van der Waals surface area contributed by atoms with Crippen molar-refractivity contribution in [2.45, 2.75) is 32.2 Å². The first-order chi connectivity index (χ1) is 12.4. The number of carboxylic acid groups (broad SMARTS) is 1. The number of allylic oxidation sites excluding steroid dienone is 1. The molecule has 134 valence electrons. The molecule has 6 nitrogen and oxygen atoms in total. The lowest BCUT2D eigenvalue weighted by Gasteiger charge is -2.21. The van der Waals surface area contributed by atoms with Gasteiger partial charge in [-0.15, -0.1) is 0 Å². The van der Waals surface area contributed by atoms with Gasteiger partial charge in [0.2, 0.25) is 5.43 Å². The quantitative estimate of drug-likeness (QED) is 0.835. The molecular formula is C19H17FN2O4. The first-order valence-corrected chi connectivity index (χ1v) is 8.22. The van der Waals surface area contributed by atoms with Crippen molar-refractivity contribution in [3.8, 4) is 11.8 Å². The number of halogens is 1. The summed E-state index contributed by atoms with van der Waals surface area (Å²) in [7, 11) is 0. The number of hydrogen-bond acceptors (Lipinski definition) is 4. The van der Waals surface area contributed by atoms with Gasteiger partial charge in [-0.1, -0.05) is 12.2 Å². The molecule has 1 aliphatic rings. The van der Waals surface area contributed by atoms with Crippen molar-refractivity contribution in [2.24, 2.45) is 0 Å². The Labute approximate surface area is 148 Å². The van der Waals surface area contributed by atoms with E-state index in [2.05, 4.69) is 6.58 Å². The first-order valence-electron chi connectivity index (χ1n) is 8.22. The Bertz CT molecular complexity index is 1020. The standard InChI is InChI=1S/C19H17FN2O4/c1-11-3-2-8-26-18-12(4-6-21)15(20)9-13-16(18)22(7-5-11)10-14(17(13)23)19(24)25/h9-10H,1-5,7-8H2,(H,24,25). The molecule has 0 unspecified atom stereocenters. The van der Waals surface area contributed by atoms with Crippen molar-refractivity contribution in [3.63, 3.8) is 0 Å². The number of benzene rings is 1. The molecule has 1 aromatic heterocycles. The van der Waals surface area contributed by atoms with Crippen LogP contribution in [0.2, 0.25) is 0 Å². The summed E-state index contributed by atoms with van der Waals surface area (Å²) in [5.41, 5.74) is 0.183. The molecule has 1 aliphatic heterocycles. The third kappa shape index (κ3) is 3.06. The first kappa shape index (κ1) is 17.7. The minimum atomic E-state index is -1.37. The summed E-state index contributed by atoms with van der Waals surface area (Å²) in [5, 5.41) is 18.3. The van der Waals surface area contributed by atoms with Crippen LogP contribution in [0.1, 0.15) is 35.2 Å². The number of rotatable bonds is 2. The second-order valence-electron chi connectivity index (χ2n) is 6.22. The molecule has 0 bridgehead atoms. The highest BCUT2D eigenvalue weighted by molar-refractivity contribution is 5.95. The minimum Gasteiger partial charge on any atom is -0.491 e. The number of aryl methyl sites for hydroxylation is 1. The number of nitriles is 1. The lowest BCUT2D eigenvalue weighted by Crippen LogP contribution is -2.21. The largest absolute Gasteiger partial charge is 0.491 e. The third-order valence-electron chi connectivity index (χ3n) is 4.48. The van der Waals surface area contributed by atoms with E-state index in [0.29, 0.717) is 24.9 Å². The Morgan fingerprint density at radius 1 is 1.46 bits per heavy atom. The van der Waals surface area contributed by atoms with Crippen LogP contribution in [0.5, 0.6) is 5.75 Å². The molecule has 26 heavy (non-hydrogen) atoms. The molecule has 0 radical (unpaired) electrons. The van der Waals surface area contributed by atoms with Crippen LogP contribution in [-0.2, 0) is 13.0 Å². The molecule has 2 heterocycles. The van der Waals surface area contributed by atoms with Crippen LogP contribution < -0.4 is 10.2 Å². The zero-order valence-electron chi connectivity index (χ0n) is 14.0. The maximum atomic E-state index is 14.6. The Morgan fingerprint density at radius 3 is 2.92 bits per heavy atom. The van der Waals surface area contributed by atoms with Crippen LogP contribution in [-0.4, -0.2) is 22.2 Å². The summed E-state index contributed by atoms with van der Waals surface area (Å²) in [6.07, 6.45) is 3.05. The zero-order chi connectivity index (χ0) is 18.8. The van der Waals surface area contributed by atoms with Gasteiger partial charge in [0.15, 0.2) is 5.75 Å². The third-order valence-corrected chi connectivity index (χ3v) is 4.48. The Morgan fingerprint density at radius 2 is 2.23 bits per heavy atom. The molecule has 1 N–H and O–H groups in total. The van der Waals surface area contributed by atoms with Gasteiger partial charge >= 0.3 is 5.97 Å². The summed E-state index contributed by atoms with van der Waals surface area (Å²) in [6.45, 7) is 4.66. The summed E-state index contributed by atoms with van der Waals surface area (Å²) >= 11 is 0. The van der Waals surface area contributed by atoms with E-state index in [0.717, 1.165) is 18.1 Å². The van der Waals surface area contributed by atoms with Gasteiger partial charge in [0.25, 0.3) is 0 Å². The van der Waals surface area contributed by atoms with Crippen LogP contribution >= 0.6 is 0 Å². The molecule has 3 rings (SSSR count). The molecule has 0 saturated heterocycles. The van der Waals surface area contributed by atoms with E-state index < -0.39 is 22.8 Å². The number of carboxylic acids is 1. The van der Waals surface area contributed by atoms with Crippen LogP contribution in [0.4, 0.5) is 4.39 Å². The number of nitrogens with zero attached hydrogens (tertiary/aromatic N) is 2. The predicted octanol–water partition coefficient (Wildman–Crippen LogP) is 3.02. The maximum absolute atomic E-state index is 14.6. The SMILES string of the molecule is C=C1CCCOc2c(CC#N)c(F)cc3c(=O)c(C(=O)O)cn(c23)CC1. The molecule has 0 fully saturated rings. The van der Waals surface area contributed by atoms with E-state index in [-0.39, 0.29) is 29.7 Å². The van der Waals surface area contributed by atoms with E-state index >= 15 is 0 Å². The Hall–Kier alpha value is -3.14. The Kier molecular flexibility index (Phi) is 4.76. The van der Waals surface area contributed by atoms with Gasteiger partial charge in [0, 0.05) is 18.3 Å². The summed E-state index contributed by atoms with van der Waals surface area (Å²) in [4.78, 5) is 24.0. The van der Waals surface area contributed by atoms with E-state index in [4.69, 9.17) is 10.00 Å². The summed E-state index contributed by atoms with van der Waals surface area (Å²) in [5.74, 6) is -1.98. The molecule has 0 aliphatic carbocycles. The van der Waals surface area contributed by atoms with Crippen LogP contribution in [0.15, 0.2) is 29.2 Å². The van der Waals surface area contributed by atoms with E-state index in [9.17, 15) is 19.1 Å². The lowest BCUT2D eigenvalue weighted by molar-refractivity contribution is 0.0694. The topological polar surface area (TPSA) is 92.3 Å². The van der Waals surface area contributed by atoms with Crippen LogP contribution in [0.3, 0.4) is 0 Å². The minimum absolute atomic E-state index is 0.0646. The monoisotopic (exact) mass is 356 g/mol. The van der Waals surface area contributed by atoms with Crippen LogP contribution in [0.25, 0.3) is 10.9 Å². The van der Waals surface area contributed by atoms with Crippen molar-refractivity contribution < 1.29 is 19.0 Å². The fourth-order valence-electron chi connectivity index (χ4n) is 3.17. The highest BCUT2D eigenvalue weighted by Gasteiger charge is 2.23. The second kappa shape index (κ2) is 7.00. The fourth-order valence-corrected chi connectivity index (χ4v) is 3.17. The highest BCUT2D eigenvalue weighted by atomic mass is 19.1. The molecule has 1 aromatic carbocycles. The number of pyridine rings is 1. The number of hydrogen-bond donors (Lipinski definition) is 1. The van der Waals surface area contributed by atoms with Gasteiger partial charge < -0.3 is 14.4 Å². The fraction of sp³-hybridized carbons (Fsp3) is 0.316. The predicted molar refractivity (Wildman–Crippen MR) is 92.9 cm³/mol. The molecule has 0 saturated carbocycles. The molecule has 0 amide bonds. The number of ether oxygens (including phenoxy) is 1. The molecular weight excluding hydrogens is 339 g/mol. The van der Waals surface area contributed by atoms with E-state index in [1.165, 1.54) is 6.20 Å². The summed E-state index contributed by atoms with van der Waals surface area (Å²) in [6, 6.07) is 2.91. The zero-order valence-corrected chi connectivity index (χ0v) is 14.0. The molecule has 0 atom stereocenters. The van der Waals surface area contributed by atoms with Gasteiger partial charge in [0.05, 0.1) is 30.0 Å². The van der Waals surface area contributed by atoms with Crippen molar-refractivity contribution >= 4 is 16.9 Å². The maximum Gasteiger partial charge on any atom is 0.341 e. The normalized spacial score (nSPS) is 14.5. The van der Waals surface area contributed by atoms with Crippen molar-refractivity contribution in [1.82, 2.24) is 4.57 Å². The molecule has 7 heteroatoms. The smallest absolute Gasteiger partial charge is 0.341 e. The van der Waals surface area contributed by atoms with Crippen molar-refractivity contribution in [3.05, 3.63) is 51.6 Å². The number of carbonyl (C=O) groups is 1. The lowest BCUT2D eigenvalue weighted by atomic mass is 10.0. The molecule has 0 spiro atoms.